The Morgan fingerprint density at radius 3 is 2.50 bits per heavy atom. The Bertz CT molecular complexity index is 582. The Kier molecular flexibility index (Phi) is 4.56. The molecule has 122 valence electrons. The van der Waals surface area contributed by atoms with Crippen molar-refractivity contribution < 1.29 is 31.8 Å². The molecule has 0 aliphatic heterocycles. The Balaban J connectivity index is 2.20. The van der Waals surface area contributed by atoms with Crippen LogP contribution in [0, 0.1) is 11.2 Å². The van der Waals surface area contributed by atoms with Crippen LogP contribution in [-0.2, 0) is 4.74 Å². The summed E-state index contributed by atoms with van der Waals surface area (Å²) in [6.07, 6.45) is -4.49. The van der Waals surface area contributed by atoms with Gasteiger partial charge in [0.05, 0.1) is 17.2 Å². The van der Waals surface area contributed by atoms with E-state index in [0.29, 0.717) is 0 Å². The summed E-state index contributed by atoms with van der Waals surface area (Å²) in [7, 11) is 0. The minimum Gasteiger partial charge on any atom is -0.491 e. The zero-order valence-corrected chi connectivity index (χ0v) is 12.4. The molecule has 1 aromatic rings. The van der Waals surface area contributed by atoms with E-state index >= 15 is 0 Å². The van der Waals surface area contributed by atoms with Gasteiger partial charge in [-0.15, -0.1) is 0 Å². The van der Waals surface area contributed by atoms with Gasteiger partial charge in [0, 0.05) is 6.07 Å². The Morgan fingerprint density at radius 2 is 2.00 bits per heavy atom. The summed E-state index contributed by atoms with van der Waals surface area (Å²) in [4.78, 5) is 11.6. The minimum absolute atomic E-state index is 0.0475. The van der Waals surface area contributed by atoms with Gasteiger partial charge in [-0.05, 0) is 25.8 Å². The molecule has 1 saturated carbocycles. The van der Waals surface area contributed by atoms with Crippen molar-refractivity contribution in [2.75, 3.05) is 13.2 Å². The van der Waals surface area contributed by atoms with E-state index in [4.69, 9.17) is 21.1 Å². The maximum atomic E-state index is 13.5. The highest BCUT2D eigenvalue weighted by Crippen LogP contribution is 2.57. The molecule has 0 atom stereocenters. The van der Waals surface area contributed by atoms with E-state index in [-0.39, 0.29) is 35.8 Å². The first-order valence-electron chi connectivity index (χ1n) is 6.56. The molecule has 0 N–H and O–H groups in total. The molecule has 0 saturated heterocycles. The second-order valence-corrected chi connectivity index (χ2v) is 5.43. The Morgan fingerprint density at radius 1 is 1.36 bits per heavy atom. The van der Waals surface area contributed by atoms with Gasteiger partial charge >= 0.3 is 12.1 Å². The number of rotatable bonds is 5. The lowest BCUT2D eigenvalue weighted by Gasteiger charge is -2.20. The van der Waals surface area contributed by atoms with E-state index in [1.165, 1.54) is 0 Å². The van der Waals surface area contributed by atoms with Gasteiger partial charge in [-0.1, -0.05) is 11.6 Å². The van der Waals surface area contributed by atoms with E-state index in [1.807, 2.05) is 0 Å². The molecule has 0 bridgehead atoms. The average molecular weight is 341 g/mol. The van der Waals surface area contributed by atoms with Crippen LogP contribution >= 0.6 is 11.6 Å². The number of carbonyl (C=O) groups excluding carboxylic acids is 1. The molecule has 0 spiro atoms. The smallest absolute Gasteiger partial charge is 0.397 e. The zero-order valence-electron chi connectivity index (χ0n) is 11.6. The van der Waals surface area contributed by atoms with Crippen molar-refractivity contribution in [2.24, 2.45) is 5.41 Å². The monoisotopic (exact) mass is 340 g/mol. The lowest BCUT2D eigenvalue weighted by molar-refractivity contribution is -0.194. The number of alkyl halides is 3. The molecule has 0 aromatic heterocycles. The first kappa shape index (κ1) is 16.9. The molecule has 0 unspecified atom stereocenters. The topological polar surface area (TPSA) is 35.5 Å². The van der Waals surface area contributed by atoms with Crippen LogP contribution < -0.4 is 4.74 Å². The fourth-order valence-corrected chi connectivity index (χ4v) is 2.14. The highest BCUT2D eigenvalue weighted by atomic mass is 35.5. The summed E-state index contributed by atoms with van der Waals surface area (Å²) < 4.78 is 61.7. The molecule has 0 radical (unpaired) electrons. The lowest BCUT2D eigenvalue weighted by Crippen LogP contribution is -2.30. The zero-order chi connectivity index (χ0) is 16.5. The van der Waals surface area contributed by atoms with E-state index in [9.17, 15) is 22.4 Å². The van der Waals surface area contributed by atoms with E-state index in [2.05, 4.69) is 0 Å². The number of halogens is 5. The van der Waals surface area contributed by atoms with Crippen LogP contribution in [0.15, 0.2) is 12.1 Å². The van der Waals surface area contributed by atoms with Gasteiger partial charge in [-0.2, -0.15) is 13.2 Å². The van der Waals surface area contributed by atoms with E-state index < -0.39 is 30.0 Å². The lowest BCUT2D eigenvalue weighted by atomic mass is 10.1. The van der Waals surface area contributed by atoms with Gasteiger partial charge in [0.25, 0.3) is 0 Å². The standard InChI is InChI=1S/C14H13ClF4O3/c1-2-21-12(20)9-5-8(16)6-10(11(9)15)22-7-13(3-4-13)14(17,18)19/h5-6H,2-4,7H2,1H3. The van der Waals surface area contributed by atoms with Crippen LogP contribution in [0.5, 0.6) is 5.75 Å². The SMILES string of the molecule is CCOC(=O)c1cc(F)cc(OCC2(C(F)(F)F)CC2)c1Cl. The number of esters is 1. The highest BCUT2D eigenvalue weighted by molar-refractivity contribution is 6.35. The van der Waals surface area contributed by atoms with E-state index in [1.54, 1.807) is 6.92 Å². The molecule has 2 rings (SSSR count). The molecule has 1 aliphatic rings. The van der Waals surface area contributed by atoms with Gasteiger partial charge < -0.3 is 9.47 Å². The fourth-order valence-electron chi connectivity index (χ4n) is 1.90. The third-order valence-corrected chi connectivity index (χ3v) is 3.85. The van der Waals surface area contributed by atoms with Crippen LogP contribution in [0.1, 0.15) is 30.1 Å². The minimum atomic E-state index is -4.39. The van der Waals surface area contributed by atoms with Crippen molar-refractivity contribution in [2.45, 2.75) is 25.9 Å². The number of carbonyl (C=O) groups is 1. The van der Waals surface area contributed by atoms with Crippen molar-refractivity contribution in [3.05, 3.63) is 28.5 Å². The molecule has 8 heteroatoms. The Labute approximate surface area is 129 Å². The molecule has 0 amide bonds. The van der Waals surface area contributed by atoms with Crippen LogP contribution in [0.25, 0.3) is 0 Å². The molecule has 1 aliphatic carbocycles. The maximum Gasteiger partial charge on any atom is 0.397 e. The summed E-state index contributed by atoms with van der Waals surface area (Å²) in [6.45, 7) is 0.948. The number of hydrogen-bond acceptors (Lipinski definition) is 3. The van der Waals surface area contributed by atoms with Gasteiger partial charge in [-0.25, -0.2) is 9.18 Å². The largest absolute Gasteiger partial charge is 0.491 e. The summed E-state index contributed by atoms with van der Waals surface area (Å²) in [6, 6.07) is 1.70. The summed E-state index contributed by atoms with van der Waals surface area (Å²) in [5, 5.41) is -0.266. The Hall–Kier alpha value is -1.50. The van der Waals surface area contributed by atoms with Crippen molar-refractivity contribution in [1.82, 2.24) is 0 Å². The second kappa shape index (κ2) is 5.95. The van der Waals surface area contributed by atoms with Crippen LogP contribution in [-0.4, -0.2) is 25.4 Å². The molecule has 1 aromatic carbocycles. The van der Waals surface area contributed by atoms with E-state index in [0.717, 1.165) is 12.1 Å². The normalized spacial score (nSPS) is 16.3. The number of benzene rings is 1. The molecular weight excluding hydrogens is 328 g/mol. The van der Waals surface area contributed by atoms with Crippen molar-refractivity contribution in [3.8, 4) is 5.75 Å². The first-order chi connectivity index (χ1) is 10.2. The molecule has 3 nitrogen and oxygen atoms in total. The third-order valence-electron chi connectivity index (χ3n) is 3.46. The first-order valence-corrected chi connectivity index (χ1v) is 6.94. The molecular formula is C14H13ClF4O3. The van der Waals surface area contributed by atoms with Crippen LogP contribution in [0.2, 0.25) is 5.02 Å². The summed E-state index contributed by atoms with van der Waals surface area (Å²) in [5.74, 6) is -2.02. The quantitative estimate of drug-likeness (QED) is 0.589. The van der Waals surface area contributed by atoms with Crippen molar-refractivity contribution in [1.29, 1.82) is 0 Å². The fraction of sp³-hybridized carbons (Fsp3) is 0.500. The van der Waals surface area contributed by atoms with Crippen LogP contribution in [0.3, 0.4) is 0 Å². The van der Waals surface area contributed by atoms with Crippen molar-refractivity contribution in [3.63, 3.8) is 0 Å². The molecule has 22 heavy (non-hydrogen) atoms. The average Bonchev–Trinajstić information content (AvgIpc) is 3.20. The third kappa shape index (κ3) is 3.29. The molecule has 1 fully saturated rings. The van der Waals surface area contributed by atoms with Crippen molar-refractivity contribution >= 4 is 17.6 Å². The summed E-state index contributed by atoms with van der Waals surface area (Å²) >= 11 is 5.90. The molecule has 0 heterocycles. The number of hydrogen-bond donors (Lipinski definition) is 0. The maximum absolute atomic E-state index is 13.5. The summed E-state index contributed by atoms with van der Waals surface area (Å²) in [5.41, 5.74) is -2.19. The van der Waals surface area contributed by atoms with Crippen LogP contribution in [0.4, 0.5) is 17.6 Å². The highest BCUT2D eigenvalue weighted by Gasteiger charge is 2.63. The van der Waals surface area contributed by atoms with Gasteiger partial charge in [-0.3, -0.25) is 0 Å². The number of ether oxygens (including phenoxy) is 2. The van der Waals surface area contributed by atoms with Gasteiger partial charge in [0.1, 0.15) is 23.6 Å². The predicted octanol–water partition coefficient (Wildman–Crippen LogP) is 4.38. The predicted molar refractivity (Wildman–Crippen MR) is 70.6 cm³/mol. The van der Waals surface area contributed by atoms with Gasteiger partial charge in [0.15, 0.2) is 0 Å². The van der Waals surface area contributed by atoms with Gasteiger partial charge in [0.2, 0.25) is 0 Å². The second-order valence-electron chi connectivity index (χ2n) is 5.05.